The molecule has 1 heterocycles. The van der Waals surface area contributed by atoms with E-state index in [1.807, 2.05) is 0 Å². The highest BCUT2D eigenvalue weighted by atomic mass is 16.2. The fraction of sp³-hybridized carbons (Fsp3) is 0.929. The van der Waals surface area contributed by atoms with Crippen LogP contribution in [-0.4, -0.2) is 36.5 Å². The van der Waals surface area contributed by atoms with Gasteiger partial charge in [0.25, 0.3) is 0 Å². The molecule has 1 N–H and O–H groups in total. The minimum absolute atomic E-state index is 0.101. The lowest BCUT2D eigenvalue weighted by atomic mass is 9.77. The van der Waals surface area contributed by atoms with E-state index in [-0.39, 0.29) is 5.41 Å². The van der Waals surface area contributed by atoms with Gasteiger partial charge in [0.2, 0.25) is 5.91 Å². The number of piperidine rings is 1. The standard InChI is InChI=1S/C14H26N2O/c1-3-10-16(12-6-7-12)13(17)14(4-2)8-5-9-15-11-14/h12,15H,3-11H2,1-2H3. The molecule has 2 fully saturated rings. The molecule has 98 valence electrons. The quantitative estimate of drug-likeness (QED) is 0.796. The van der Waals surface area contributed by atoms with Crippen LogP contribution in [0.25, 0.3) is 0 Å². The van der Waals surface area contributed by atoms with Crippen LogP contribution in [0.15, 0.2) is 0 Å². The van der Waals surface area contributed by atoms with Crippen LogP contribution in [-0.2, 0) is 4.79 Å². The van der Waals surface area contributed by atoms with Gasteiger partial charge in [0.1, 0.15) is 0 Å². The fourth-order valence-corrected chi connectivity index (χ4v) is 2.99. The van der Waals surface area contributed by atoms with E-state index in [0.717, 1.165) is 45.3 Å². The number of amides is 1. The van der Waals surface area contributed by atoms with Crippen LogP contribution < -0.4 is 5.32 Å². The Bertz CT molecular complexity index is 267. The van der Waals surface area contributed by atoms with Gasteiger partial charge >= 0.3 is 0 Å². The maximum absolute atomic E-state index is 12.8. The Morgan fingerprint density at radius 3 is 2.65 bits per heavy atom. The predicted octanol–water partition coefficient (Wildman–Crippen LogP) is 2.17. The topological polar surface area (TPSA) is 32.3 Å². The third-order valence-corrected chi connectivity index (χ3v) is 4.32. The second-order valence-corrected chi connectivity index (χ2v) is 5.64. The third-order valence-electron chi connectivity index (χ3n) is 4.32. The molecule has 2 rings (SSSR count). The molecule has 1 unspecified atom stereocenters. The molecule has 1 saturated heterocycles. The molecule has 3 heteroatoms. The molecule has 0 spiro atoms. The van der Waals surface area contributed by atoms with Gasteiger partial charge in [-0.15, -0.1) is 0 Å². The van der Waals surface area contributed by atoms with E-state index in [4.69, 9.17) is 0 Å². The van der Waals surface area contributed by atoms with E-state index in [0.29, 0.717) is 11.9 Å². The zero-order valence-corrected chi connectivity index (χ0v) is 11.3. The van der Waals surface area contributed by atoms with Crippen molar-refractivity contribution >= 4 is 5.91 Å². The predicted molar refractivity (Wildman–Crippen MR) is 69.9 cm³/mol. The molecule has 17 heavy (non-hydrogen) atoms. The second kappa shape index (κ2) is 5.38. The lowest BCUT2D eigenvalue weighted by Crippen LogP contribution is -2.52. The van der Waals surface area contributed by atoms with Gasteiger partial charge in [0.05, 0.1) is 5.41 Å². The van der Waals surface area contributed by atoms with Gasteiger partial charge < -0.3 is 10.2 Å². The number of carbonyl (C=O) groups is 1. The normalized spacial score (nSPS) is 29.1. The SMILES string of the molecule is CCCN(C(=O)C1(CC)CCCNC1)C1CC1. The summed E-state index contributed by atoms with van der Waals surface area (Å²) in [7, 11) is 0. The minimum atomic E-state index is -0.101. The summed E-state index contributed by atoms with van der Waals surface area (Å²) in [6.45, 7) is 7.25. The summed E-state index contributed by atoms with van der Waals surface area (Å²) in [6, 6.07) is 0.563. The Kier molecular flexibility index (Phi) is 4.08. The molecule has 0 aromatic carbocycles. The average Bonchev–Trinajstić information content (AvgIpc) is 3.20. The molecule has 1 aliphatic carbocycles. The Balaban J connectivity index is 2.08. The van der Waals surface area contributed by atoms with Crippen molar-refractivity contribution in [1.82, 2.24) is 10.2 Å². The highest BCUT2D eigenvalue weighted by molar-refractivity contribution is 5.83. The van der Waals surface area contributed by atoms with Gasteiger partial charge in [-0.25, -0.2) is 0 Å². The van der Waals surface area contributed by atoms with Crippen LogP contribution in [0.5, 0.6) is 0 Å². The minimum Gasteiger partial charge on any atom is -0.339 e. The molecule has 1 saturated carbocycles. The molecule has 1 aliphatic heterocycles. The number of carbonyl (C=O) groups excluding carboxylic acids is 1. The number of rotatable bonds is 5. The van der Waals surface area contributed by atoms with Crippen LogP contribution >= 0.6 is 0 Å². The van der Waals surface area contributed by atoms with Crippen molar-refractivity contribution in [2.75, 3.05) is 19.6 Å². The lowest BCUT2D eigenvalue weighted by molar-refractivity contribution is -0.144. The van der Waals surface area contributed by atoms with E-state index in [1.54, 1.807) is 0 Å². The Labute approximate surface area is 105 Å². The molecule has 2 aliphatic rings. The first-order valence-corrected chi connectivity index (χ1v) is 7.25. The van der Waals surface area contributed by atoms with Crippen molar-refractivity contribution < 1.29 is 4.79 Å². The smallest absolute Gasteiger partial charge is 0.230 e. The molecule has 0 aromatic rings. The highest BCUT2D eigenvalue weighted by Gasteiger charge is 2.44. The van der Waals surface area contributed by atoms with Crippen molar-refractivity contribution in [2.24, 2.45) is 5.41 Å². The molecular weight excluding hydrogens is 212 g/mol. The van der Waals surface area contributed by atoms with Gasteiger partial charge in [-0.1, -0.05) is 13.8 Å². The summed E-state index contributed by atoms with van der Waals surface area (Å²) in [4.78, 5) is 15.0. The van der Waals surface area contributed by atoms with Crippen molar-refractivity contribution in [1.29, 1.82) is 0 Å². The van der Waals surface area contributed by atoms with Crippen molar-refractivity contribution in [3.05, 3.63) is 0 Å². The summed E-state index contributed by atoms with van der Waals surface area (Å²) in [6.07, 6.45) is 6.71. The van der Waals surface area contributed by atoms with Gasteiger partial charge in [0, 0.05) is 19.1 Å². The molecule has 0 aromatic heterocycles. The molecule has 0 bridgehead atoms. The Hall–Kier alpha value is -0.570. The summed E-state index contributed by atoms with van der Waals surface area (Å²) >= 11 is 0. The van der Waals surface area contributed by atoms with Gasteiger partial charge in [-0.2, -0.15) is 0 Å². The maximum Gasteiger partial charge on any atom is 0.230 e. The van der Waals surface area contributed by atoms with Crippen LogP contribution in [0.1, 0.15) is 52.4 Å². The first-order chi connectivity index (χ1) is 8.23. The van der Waals surface area contributed by atoms with E-state index in [9.17, 15) is 4.79 Å². The number of nitrogens with zero attached hydrogens (tertiary/aromatic N) is 1. The Morgan fingerprint density at radius 1 is 1.41 bits per heavy atom. The van der Waals surface area contributed by atoms with Crippen LogP contribution in [0.4, 0.5) is 0 Å². The lowest BCUT2D eigenvalue weighted by Gasteiger charge is -2.39. The van der Waals surface area contributed by atoms with Gasteiger partial charge in [0.15, 0.2) is 0 Å². The van der Waals surface area contributed by atoms with Crippen LogP contribution in [0.3, 0.4) is 0 Å². The van der Waals surface area contributed by atoms with E-state index in [2.05, 4.69) is 24.1 Å². The van der Waals surface area contributed by atoms with Crippen molar-refractivity contribution in [3.63, 3.8) is 0 Å². The summed E-state index contributed by atoms with van der Waals surface area (Å²) < 4.78 is 0. The van der Waals surface area contributed by atoms with Crippen LogP contribution in [0.2, 0.25) is 0 Å². The maximum atomic E-state index is 12.8. The van der Waals surface area contributed by atoms with Crippen LogP contribution in [0, 0.1) is 5.41 Å². The number of nitrogens with one attached hydrogen (secondary N) is 1. The summed E-state index contributed by atoms with van der Waals surface area (Å²) in [5, 5.41) is 3.42. The summed E-state index contributed by atoms with van der Waals surface area (Å²) in [5.74, 6) is 0.427. The zero-order chi connectivity index (χ0) is 12.3. The molecule has 1 atom stereocenters. The number of hydrogen-bond acceptors (Lipinski definition) is 2. The first kappa shape index (κ1) is 12.9. The van der Waals surface area contributed by atoms with E-state index in [1.165, 1.54) is 12.8 Å². The van der Waals surface area contributed by atoms with E-state index >= 15 is 0 Å². The van der Waals surface area contributed by atoms with E-state index < -0.39 is 0 Å². The fourth-order valence-electron chi connectivity index (χ4n) is 2.99. The first-order valence-electron chi connectivity index (χ1n) is 7.25. The molecule has 0 radical (unpaired) electrons. The van der Waals surface area contributed by atoms with Gasteiger partial charge in [-0.3, -0.25) is 4.79 Å². The Morgan fingerprint density at radius 2 is 2.18 bits per heavy atom. The largest absolute Gasteiger partial charge is 0.339 e. The highest BCUT2D eigenvalue weighted by Crippen LogP contribution is 2.36. The average molecular weight is 238 g/mol. The van der Waals surface area contributed by atoms with Gasteiger partial charge in [-0.05, 0) is 45.1 Å². The second-order valence-electron chi connectivity index (χ2n) is 5.64. The zero-order valence-electron chi connectivity index (χ0n) is 11.3. The third kappa shape index (κ3) is 2.65. The monoisotopic (exact) mass is 238 g/mol. The molecule has 1 amide bonds. The number of hydrogen-bond donors (Lipinski definition) is 1. The molecular formula is C14H26N2O. The summed E-state index contributed by atoms with van der Waals surface area (Å²) in [5.41, 5.74) is -0.101. The van der Waals surface area contributed by atoms with Crippen molar-refractivity contribution in [3.8, 4) is 0 Å². The van der Waals surface area contributed by atoms with Crippen molar-refractivity contribution in [2.45, 2.75) is 58.4 Å². The molecule has 3 nitrogen and oxygen atoms in total.